The van der Waals surface area contributed by atoms with Crippen molar-refractivity contribution in [3.63, 3.8) is 0 Å². The normalized spacial score (nSPS) is 12.0. The monoisotopic (exact) mass is 756 g/mol. The van der Waals surface area contributed by atoms with Gasteiger partial charge in [0, 0.05) is 30.9 Å². The molecular formula is C40H57N2O10P. The highest BCUT2D eigenvalue weighted by molar-refractivity contribution is 7.49. The summed E-state index contributed by atoms with van der Waals surface area (Å²) in [6, 6.07) is 19.5. The van der Waals surface area contributed by atoms with Gasteiger partial charge in [-0.2, -0.15) is 0 Å². The summed E-state index contributed by atoms with van der Waals surface area (Å²) in [6.45, 7) is 2.99. The molecule has 3 aromatic carbocycles. The van der Waals surface area contributed by atoms with Crippen LogP contribution in [0.5, 0.6) is 11.5 Å². The second-order valence-electron chi connectivity index (χ2n) is 13.2. The fourth-order valence-corrected chi connectivity index (χ4v) is 6.91. The maximum Gasteiger partial charge on any atom is 0.587 e. The number of non-ortho nitro benzene ring substituents is 2. The molecule has 0 aliphatic heterocycles. The minimum Gasteiger partial charge on any atom is -0.395 e. The molecule has 0 fully saturated rings. The Morgan fingerprint density at radius 2 is 1.02 bits per heavy atom. The SMILES string of the molecule is CCCCCCCCCCCCCCCCCCOC[C@H](COP(=O)(Oc1ccc([N+](=O)[O-])cc1)Oc1ccc([N+](=O)[O-])cc1)OCc1ccccc1. The van der Waals surface area contributed by atoms with E-state index in [-0.39, 0.29) is 42.7 Å². The molecule has 0 amide bonds. The molecular weight excluding hydrogens is 699 g/mol. The summed E-state index contributed by atoms with van der Waals surface area (Å²) in [6.07, 6.45) is 20.0. The van der Waals surface area contributed by atoms with Gasteiger partial charge < -0.3 is 18.5 Å². The van der Waals surface area contributed by atoms with Crippen LogP contribution >= 0.6 is 7.82 Å². The van der Waals surface area contributed by atoms with Crippen LogP contribution in [0.4, 0.5) is 11.4 Å². The molecule has 0 aromatic heterocycles. The Bertz CT molecular complexity index is 1410. The van der Waals surface area contributed by atoms with Gasteiger partial charge in [-0.15, -0.1) is 0 Å². The van der Waals surface area contributed by atoms with Crippen molar-refractivity contribution in [2.75, 3.05) is 19.8 Å². The third-order valence-corrected chi connectivity index (χ3v) is 10.1. The van der Waals surface area contributed by atoms with Crippen molar-refractivity contribution in [2.45, 2.75) is 122 Å². The highest BCUT2D eigenvalue weighted by Crippen LogP contribution is 2.50. The molecule has 53 heavy (non-hydrogen) atoms. The highest BCUT2D eigenvalue weighted by atomic mass is 31.2. The number of rotatable bonds is 31. The van der Waals surface area contributed by atoms with E-state index in [1.807, 2.05) is 30.3 Å². The Morgan fingerprint density at radius 3 is 1.45 bits per heavy atom. The van der Waals surface area contributed by atoms with Crippen LogP contribution in [0, 0.1) is 20.2 Å². The van der Waals surface area contributed by atoms with E-state index in [1.165, 1.54) is 138 Å². The largest absolute Gasteiger partial charge is 0.587 e. The molecule has 13 heteroatoms. The summed E-state index contributed by atoms with van der Waals surface area (Å²) in [5.41, 5.74) is 0.572. The molecule has 0 bridgehead atoms. The van der Waals surface area contributed by atoms with Gasteiger partial charge in [-0.1, -0.05) is 134 Å². The maximum atomic E-state index is 14.0. The van der Waals surface area contributed by atoms with Crippen LogP contribution < -0.4 is 9.05 Å². The van der Waals surface area contributed by atoms with Gasteiger partial charge in [-0.05, 0) is 36.2 Å². The topological polar surface area (TPSA) is 150 Å². The fourth-order valence-electron chi connectivity index (χ4n) is 5.66. The molecule has 3 aromatic rings. The minimum atomic E-state index is -4.44. The van der Waals surface area contributed by atoms with Crippen molar-refractivity contribution in [3.8, 4) is 11.5 Å². The molecule has 0 radical (unpaired) electrons. The van der Waals surface area contributed by atoms with Crippen LogP contribution in [-0.2, 0) is 25.2 Å². The quantitative estimate of drug-likeness (QED) is 0.0268. The number of nitrogens with zero attached hydrogens (tertiary/aromatic N) is 2. The Morgan fingerprint density at radius 1 is 0.585 bits per heavy atom. The van der Waals surface area contributed by atoms with Crippen molar-refractivity contribution in [2.24, 2.45) is 0 Å². The number of nitro benzene ring substituents is 2. The summed E-state index contributed by atoms with van der Waals surface area (Å²) in [5, 5.41) is 22.2. The molecule has 0 spiro atoms. The first-order valence-electron chi connectivity index (χ1n) is 19.1. The summed E-state index contributed by atoms with van der Waals surface area (Å²) >= 11 is 0. The molecule has 0 aliphatic rings. The smallest absolute Gasteiger partial charge is 0.395 e. The lowest BCUT2D eigenvalue weighted by molar-refractivity contribution is -0.385. The third-order valence-electron chi connectivity index (χ3n) is 8.72. The number of unbranched alkanes of at least 4 members (excludes halogenated alkanes) is 15. The fraction of sp³-hybridized carbons (Fsp3) is 0.550. The van der Waals surface area contributed by atoms with E-state index in [0.29, 0.717) is 6.61 Å². The van der Waals surface area contributed by atoms with E-state index in [2.05, 4.69) is 6.92 Å². The predicted octanol–water partition coefficient (Wildman–Crippen LogP) is 11.9. The first-order chi connectivity index (χ1) is 25.8. The molecule has 0 unspecified atom stereocenters. The number of hydrogen-bond donors (Lipinski definition) is 0. The second kappa shape index (κ2) is 26.0. The summed E-state index contributed by atoms with van der Waals surface area (Å²) in [5.74, 6) is 0.00435. The Hall–Kier alpha value is -3.83. The van der Waals surface area contributed by atoms with E-state index in [1.54, 1.807) is 0 Å². The van der Waals surface area contributed by atoms with Crippen molar-refractivity contribution in [1.29, 1.82) is 0 Å². The van der Waals surface area contributed by atoms with Gasteiger partial charge in [0.2, 0.25) is 0 Å². The number of nitro groups is 2. The van der Waals surface area contributed by atoms with Crippen LogP contribution in [0.3, 0.4) is 0 Å². The average Bonchev–Trinajstić information content (AvgIpc) is 3.16. The lowest BCUT2D eigenvalue weighted by Crippen LogP contribution is -2.26. The number of benzene rings is 3. The van der Waals surface area contributed by atoms with Crippen molar-refractivity contribution in [3.05, 3.63) is 105 Å². The molecule has 3 rings (SSSR count). The van der Waals surface area contributed by atoms with Gasteiger partial charge in [0.25, 0.3) is 11.4 Å². The molecule has 292 valence electrons. The minimum absolute atomic E-state index is 0.00217. The van der Waals surface area contributed by atoms with E-state index >= 15 is 0 Å². The number of phosphoric ester groups is 1. The van der Waals surface area contributed by atoms with Gasteiger partial charge in [-0.3, -0.25) is 24.8 Å². The zero-order valence-electron chi connectivity index (χ0n) is 31.1. The van der Waals surface area contributed by atoms with Gasteiger partial charge in [0.15, 0.2) is 0 Å². The van der Waals surface area contributed by atoms with E-state index in [0.717, 1.165) is 18.4 Å². The lowest BCUT2D eigenvalue weighted by Gasteiger charge is -2.23. The first-order valence-corrected chi connectivity index (χ1v) is 20.6. The van der Waals surface area contributed by atoms with Crippen molar-refractivity contribution < 1.29 is 37.5 Å². The summed E-state index contributed by atoms with van der Waals surface area (Å²) < 4.78 is 43.1. The summed E-state index contributed by atoms with van der Waals surface area (Å²) in [4.78, 5) is 21.1. The molecule has 0 N–H and O–H groups in total. The molecule has 1 atom stereocenters. The van der Waals surface area contributed by atoms with Gasteiger partial charge in [-0.25, -0.2) is 4.57 Å². The molecule has 12 nitrogen and oxygen atoms in total. The number of phosphoric acid groups is 1. The van der Waals surface area contributed by atoms with Gasteiger partial charge in [0.1, 0.15) is 17.6 Å². The van der Waals surface area contributed by atoms with Crippen LogP contribution in [0.15, 0.2) is 78.9 Å². The predicted molar refractivity (Wildman–Crippen MR) is 206 cm³/mol. The van der Waals surface area contributed by atoms with Gasteiger partial charge >= 0.3 is 7.82 Å². The maximum absolute atomic E-state index is 14.0. The van der Waals surface area contributed by atoms with Crippen LogP contribution in [0.1, 0.15) is 115 Å². The van der Waals surface area contributed by atoms with E-state index in [9.17, 15) is 24.8 Å². The van der Waals surface area contributed by atoms with Gasteiger partial charge in [0.05, 0.1) is 29.7 Å². The molecule has 0 heterocycles. The molecule has 0 aliphatic carbocycles. The van der Waals surface area contributed by atoms with Crippen molar-refractivity contribution >= 4 is 19.2 Å². The third kappa shape index (κ3) is 19.2. The standard InChI is InChI=1S/C40H57N2O10P/c1-2-3-4-5-6-7-8-9-10-11-12-13-14-15-16-20-31-48-33-40(49-32-35-21-18-17-19-22-35)34-50-53(47,51-38-27-23-36(24-28-38)41(43)44)52-39-29-25-37(26-30-39)42(45)46/h17-19,21-30,40H,2-16,20,31-34H2,1H3/t40-/m1/s1. The lowest BCUT2D eigenvalue weighted by atomic mass is 10.0. The van der Waals surface area contributed by atoms with Crippen LogP contribution in [-0.4, -0.2) is 35.8 Å². The first kappa shape index (κ1) is 43.6. The second-order valence-corrected chi connectivity index (χ2v) is 14.7. The van der Waals surface area contributed by atoms with E-state index < -0.39 is 23.8 Å². The number of ether oxygens (including phenoxy) is 2. The highest BCUT2D eigenvalue weighted by Gasteiger charge is 2.33. The van der Waals surface area contributed by atoms with Crippen LogP contribution in [0.25, 0.3) is 0 Å². The summed E-state index contributed by atoms with van der Waals surface area (Å²) in [7, 11) is -4.44. The van der Waals surface area contributed by atoms with Crippen molar-refractivity contribution in [1.82, 2.24) is 0 Å². The molecule has 0 saturated carbocycles. The van der Waals surface area contributed by atoms with E-state index in [4.69, 9.17) is 23.0 Å². The number of hydrogen-bond acceptors (Lipinski definition) is 10. The zero-order valence-corrected chi connectivity index (χ0v) is 32.0. The Labute approximate surface area is 314 Å². The zero-order chi connectivity index (χ0) is 38.0. The molecule has 0 saturated heterocycles. The van der Waals surface area contributed by atoms with Crippen LogP contribution in [0.2, 0.25) is 0 Å². The average molecular weight is 757 g/mol. The Kier molecular flexibility index (Phi) is 21.4. The Balaban J connectivity index is 1.45.